The predicted molar refractivity (Wildman–Crippen MR) is 42.2 cm³/mol. The predicted octanol–water partition coefficient (Wildman–Crippen LogP) is 2.71. The van der Waals surface area contributed by atoms with Crippen LogP contribution in [0.1, 0.15) is 13.8 Å². The van der Waals surface area contributed by atoms with Crippen LogP contribution in [-0.4, -0.2) is 11.1 Å². The monoisotopic (exact) mass is 165 g/mol. The average molecular weight is 165 g/mol. The standard InChI is InChI=1S/C5H9O2S2/c1-3-7-5(6)9-8-4-2/h3H,4H2,1-2H3. The summed E-state index contributed by atoms with van der Waals surface area (Å²) in [4.78, 5) is 10.5. The van der Waals surface area contributed by atoms with Gasteiger partial charge < -0.3 is 4.74 Å². The fourth-order valence-electron chi connectivity index (χ4n) is 0.223. The molecular formula is C5H9O2S2. The molecule has 53 valence electrons. The van der Waals surface area contributed by atoms with Gasteiger partial charge in [-0.2, -0.15) is 0 Å². The van der Waals surface area contributed by atoms with Crippen LogP contribution in [-0.2, 0) is 4.74 Å². The first kappa shape index (κ1) is 9.17. The molecular weight excluding hydrogens is 156 g/mol. The molecule has 0 fully saturated rings. The molecule has 2 nitrogen and oxygen atoms in total. The van der Waals surface area contributed by atoms with Gasteiger partial charge in [0, 0.05) is 16.5 Å². The van der Waals surface area contributed by atoms with Crippen molar-refractivity contribution < 1.29 is 9.53 Å². The van der Waals surface area contributed by atoms with Gasteiger partial charge in [0.25, 0.3) is 0 Å². The van der Waals surface area contributed by atoms with Crippen LogP contribution in [0, 0.1) is 6.61 Å². The number of hydrogen-bond acceptors (Lipinski definition) is 4. The minimum absolute atomic E-state index is 0.246. The van der Waals surface area contributed by atoms with Crippen LogP contribution in [0.4, 0.5) is 4.79 Å². The summed E-state index contributed by atoms with van der Waals surface area (Å²) in [6.45, 7) is 5.04. The molecule has 0 unspecified atom stereocenters. The number of hydrogen-bond donors (Lipinski definition) is 0. The Kier molecular flexibility index (Phi) is 6.41. The van der Waals surface area contributed by atoms with Crippen molar-refractivity contribution in [3.63, 3.8) is 0 Å². The van der Waals surface area contributed by atoms with Crippen LogP contribution >= 0.6 is 21.6 Å². The van der Waals surface area contributed by atoms with E-state index in [2.05, 4.69) is 4.74 Å². The van der Waals surface area contributed by atoms with Gasteiger partial charge >= 0.3 is 5.30 Å². The van der Waals surface area contributed by atoms with E-state index in [1.807, 2.05) is 6.92 Å². The molecule has 0 aromatic heterocycles. The summed E-state index contributed by atoms with van der Waals surface area (Å²) in [5, 5.41) is -0.246. The molecule has 0 saturated heterocycles. The lowest BCUT2D eigenvalue weighted by Gasteiger charge is -1.95. The van der Waals surface area contributed by atoms with Crippen molar-refractivity contribution in [2.75, 3.05) is 5.75 Å². The lowest BCUT2D eigenvalue weighted by Crippen LogP contribution is -1.88. The van der Waals surface area contributed by atoms with E-state index in [1.165, 1.54) is 17.4 Å². The van der Waals surface area contributed by atoms with Gasteiger partial charge in [0.05, 0.1) is 0 Å². The molecule has 0 rings (SSSR count). The molecule has 0 spiro atoms. The Morgan fingerprint density at radius 2 is 2.44 bits per heavy atom. The summed E-state index contributed by atoms with van der Waals surface area (Å²) in [5.41, 5.74) is 0. The average Bonchev–Trinajstić information content (AvgIpc) is 1.85. The van der Waals surface area contributed by atoms with E-state index in [0.29, 0.717) is 0 Å². The van der Waals surface area contributed by atoms with E-state index in [9.17, 15) is 4.79 Å². The van der Waals surface area contributed by atoms with Crippen molar-refractivity contribution in [3.05, 3.63) is 6.61 Å². The number of rotatable bonds is 3. The molecule has 0 N–H and O–H groups in total. The van der Waals surface area contributed by atoms with Gasteiger partial charge in [-0.05, 0) is 6.92 Å². The molecule has 0 aromatic rings. The zero-order chi connectivity index (χ0) is 7.11. The highest BCUT2D eigenvalue weighted by Gasteiger charge is 1.99. The Labute approximate surface area is 63.1 Å². The molecule has 9 heavy (non-hydrogen) atoms. The highest BCUT2D eigenvalue weighted by atomic mass is 33.1. The van der Waals surface area contributed by atoms with Gasteiger partial charge in [0.15, 0.2) is 0 Å². The quantitative estimate of drug-likeness (QED) is 0.474. The Morgan fingerprint density at radius 3 is 2.89 bits per heavy atom. The van der Waals surface area contributed by atoms with Gasteiger partial charge in [0.2, 0.25) is 0 Å². The third kappa shape index (κ3) is 6.05. The van der Waals surface area contributed by atoms with Crippen LogP contribution in [0.15, 0.2) is 0 Å². The maximum absolute atomic E-state index is 10.5. The number of carbonyl (C=O) groups excluding carboxylic acids is 1. The van der Waals surface area contributed by atoms with Crippen LogP contribution in [0.5, 0.6) is 0 Å². The summed E-state index contributed by atoms with van der Waals surface area (Å²) in [7, 11) is 2.60. The van der Waals surface area contributed by atoms with Crippen LogP contribution < -0.4 is 0 Å². The van der Waals surface area contributed by atoms with Crippen LogP contribution in [0.3, 0.4) is 0 Å². The van der Waals surface area contributed by atoms with E-state index < -0.39 is 0 Å². The van der Waals surface area contributed by atoms with E-state index in [-0.39, 0.29) is 5.30 Å². The zero-order valence-corrected chi connectivity index (χ0v) is 7.05. The molecule has 0 aliphatic rings. The van der Waals surface area contributed by atoms with E-state index in [4.69, 9.17) is 0 Å². The first-order valence-corrected chi connectivity index (χ1v) is 4.91. The molecule has 0 saturated carbocycles. The minimum Gasteiger partial charge on any atom is -0.450 e. The second-order valence-electron chi connectivity index (χ2n) is 1.09. The van der Waals surface area contributed by atoms with Gasteiger partial charge in [-0.25, -0.2) is 4.79 Å². The maximum Gasteiger partial charge on any atom is 0.378 e. The fraction of sp³-hybridized carbons (Fsp3) is 0.600. The second kappa shape index (κ2) is 6.29. The molecule has 0 amide bonds. The molecule has 0 aliphatic carbocycles. The lowest BCUT2D eigenvalue weighted by molar-refractivity contribution is 0.202. The molecule has 0 aromatic carbocycles. The van der Waals surface area contributed by atoms with Crippen molar-refractivity contribution in [2.45, 2.75) is 13.8 Å². The number of carbonyl (C=O) groups is 1. The molecule has 0 heterocycles. The fourth-order valence-corrected chi connectivity index (χ4v) is 1.33. The summed E-state index contributed by atoms with van der Waals surface area (Å²) in [5.74, 6) is 0.920. The Morgan fingerprint density at radius 1 is 1.78 bits per heavy atom. The maximum atomic E-state index is 10.5. The normalized spacial score (nSPS) is 9.11. The first-order chi connectivity index (χ1) is 4.31. The summed E-state index contributed by atoms with van der Waals surface area (Å²) >= 11 is 0. The van der Waals surface area contributed by atoms with Gasteiger partial charge in [-0.15, -0.1) is 0 Å². The van der Waals surface area contributed by atoms with Gasteiger partial charge in [-0.1, -0.05) is 17.7 Å². The molecule has 0 bridgehead atoms. The van der Waals surface area contributed by atoms with Crippen molar-refractivity contribution in [3.8, 4) is 0 Å². The topological polar surface area (TPSA) is 26.3 Å². The molecule has 0 aliphatic heterocycles. The Balaban J connectivity index is 3.06. The zero-order valence-electron chi connectivity index (χ0n) is 5.42. The van der Waals surface area contributed by atoms with E-state index >= 15 is 0 Å². The van der Waals surface area contributed by atoms with E-state index in [1.54, 1.807) is 6.92 Å². The highest BCUT2D eigenvalue weighted by Crippen LogP contribution is 2.22. The van der Waals surface area contributed by atoms with Crippen molar-refractivity contribution >= 4 is 26.9 Å². The first-order valence-electron chi connectivity index (χ1n) is 2.59. The van der Waals surface area contributed by atoms with Crippen molar-refractivity contribution in [1.82, 2.24) is 0 Å². The Bertz CT molecular complexity index is 85.0. The molecule has 4 heteroatoms. The van der Waals surface area contributed by atoms with Gasteiger partial charge in [-0.3, -0.25) is 0 Å². The van der Waals surface area contributed by atoms with Gasteiger partial charge in [0.1, 0.15) is 6.61 Å². The Hall–Kier alpha value is 0.170. The third-order valence-electron chi connectivity index (χ3n) is 0.459. The summed E-state index contributed by atoms with van der Waals surface area (Å²) < 4.78 is 4.52. The number of ether oxygens (including phenoxy) is 1. The molecule has 1 radical (unpaired) electrons. The minimum atomic E-state index is -0.246. The lowest BCUT2D eigenvalue weighted by atomic mass is 10.9. The van der Waals surface area contributed by atoms with Crippen molar-refractivity contribution in [1.29, 1.82) is 0 Å². The summed E-state index contributed by atoms with van der Waals surface area (Å²) in [6.07, 6.45) is 0. The SMILES string of the molecule is C[CH]OC(=O)SSCC. The second-order valence-corrected chi connectivity index (χ2v) is 3.61. The van der Waals surface area contributed by atoms with Crippen molar-refractivity contribution in [2.24, 2.45) is 0 Å². The summed E-state index contributed by atoms with van der Waals surface area (Å²) in [6, 6.07) is 0. The largest absolute Gasteiger partial charge is 0.450 e. The van der Waals surface area contributed by atoms with Crippen LogP contribution in [0.2, 0.25) is 0 Å². The molecule has 0 atom stereocenters. The smallest absolute Gasteiger partial charge is 0.378 e. The van der Waals surface area contributed by atoms with E-state index in [0.717, 1.165) is 16.5 Å². The third-order valence-corrected chi connectivity index (χ3v) is 2.51. The highest BCUT2D eigenvalue weighted by molar-refractivity contribution is 8.82. The van der Waals surface area contributed by atoms with Crippen LogP contribution in [0.25, 0.3) is 0 Å².